The molecular weight excluding hydrogens is 705 g/mol. The first-order valence-electron chi connectivity index (χ1n) is 19.7. The van der Waals surface area contributed by atoms with Gasteiger partial charge in [-0.2, -0.15) is 0 Å². The molecule has 4 heteroatoms. The van der Waals surface area contributed by atoms with E-state index in [4.69, 9.17) is 9.97 Å². The van der Waals surface area contributed by atoms with Gasteiger partial charge in [-0.1, -0.05) is 158 Å². The lowest BCUT2D eigenvalue weighted by molar-refractivity contribution is 1.08. The number of pyridine rings is 2. The summed E-state index contributed by atoms with van der Waals surface area (Å²) in [4.78, 5) is 10.8. The third-order valence-corrected chi connectivity index (χ3v) is 11.7. The lowest BCUT2D eigenvalue weighted by atomic mass is 9.97. The van der Waals surface area contributed by atoms with Crippen LogP contribution in [0.15, 0.2) is 206 Å². The van der Waals surface area contributed by atoms with E-state index in [0.29, 0.717) is 0 Å². The molecule has 0 radical (unpaired) electrons. The fraction of sp³-hybridized carbons (Fsp3) is 0. The van der Waals surface area contributed by atoms with Crippen molar-refractivity contribution in [2.24, 2.45) is 0 Å². The molecule has 0 saturated carbocycles. The molecule has 0 amide bonds. The minimum Gasteiger partial charge on any atom is -0.294 e. The van der Waals surface area contributed by atoms with Gasteiger partial charge in [0.05, 0.1) is 33.3 Å². The maximum Gasteiger partial charge on any atom is 0.146 e. The van der Waals surface area contributed by atoms with Crippen LogP contribution < -0.4 is 0 Å². The van der Waals surface area contributed by atoms with Gasteiger partial charge in [0.15, 0.2) is 0 Å². The Morgan fingerprint density at radius 2 is 0.897 bits per heavy atom. The van der Waals surface area contributed by atoms with Crippen LogP contribution >= 0.6 is 0 Å². The van der Waals surface area contributed by atoms with Crippen molar-refractivity contribution in [1.29, 1.82) is 0 Å². The van der Waals surface area contributed by atoms with E-state index < -0.39 is 0 Å². The van der Waals surface area contributed by atoms with Gasteiger partial charge in [-0.05, 0) is 87.3 Å². The number of fused-ring (bicyclic) bond motifs is 12. The molecule has 8 aromatic carbocycles. The monoisotopic (exact) mass is 738 g/mol. The largest absolute Gasteiger partial charge is 0.294 e. The lowest BCUT2D eigenvalue weighted by Crippen LogP contribution is -2.00. The second kappa shape index (κ2) is 12.9. The van der Waals surface area contributed by atoms with Crippen molar-refractivity contribution in [2.75, 3.05) is 0 Å². The molecule has 58 heavy (non-hydrogen) atoms. The third kappa shape index (κ3) is 5.02. The van der Waals surface area contributed by atoms with Crippen LogP contribution in [-0.4, -0.2) is 18.9 Å². The summed E-state index contributed by atoms with van der Waals surface area (Å²) in [5.74, 6) is 0.862. The fourth-order valence-electron chi connectivity index (χ4n) is 9.03. The van der Waals surface area contributed by atoms with E-state index in [9.17, 15) is 0 Å². The molecule has 0 aliphatic carbocycles. The Labute approximate surface area is 334 Å². The van der Waals surface area contributed by atoms with Crippen LogP contribution in [0.25, 0.3) is 111 Å². The maximum atomic E-state index is 5.56. The van der Waals surface area contributed by atoms with Gasteiger partial charge in [-0.3, -0.25) is 8.97 Å². The zero-order valence-electron chi connectivity index (χ0n) is 31.4. The van der Waals surface area contributed by atoms with Crippen molar-refractivity contribution >= 4 is 60.2 Å². The van der Waals surface area contributed by atoms with Crippen LogP contribution in [0.2, 0.25) is 0 Å². The van der Waals surface area contributed by atoms with Crippen molar-refractivity contribution < 1.29 is 0 Å². The van der Waals surface area contributed by atoms with Gasteiger partial charge in [0.2, 0.25) is 0 Å². The van der Waals surface area contributed by atoms with Crippen LogP contribution in [-0.2, 0) is 0 Å². The van der Waals surface area contributed by atoms with E-state index >= 15 is 0 Å². The molecule has 4 aromatic heterocycles. The summed E-state index contributed by atoms with van der Waals surface area (Å²) in [6, 6.07) is 73.8. The van der Waals surface area contributed by atoms with Crippen LogP contribution in [0.5, 0.6) is 0 Å². The predicted molar refractivity (Wildman–Crippen MR) is 242 cm³/mol. The summed E-state index contributed by atoms with van der Waals surface area (Å²) >= 11 is 0. The Morgan fingerprint density at radius 1 is 0.328 bits per heavy atom. The van der Waals surface area contributed by atoms with E-state index in [1.54, 1.807) is 0 Å². The molecule has 0 spiro atoms. The Kier molecular flexibility index (Phi) is 7.20. The number of imidazole rings is 1. The summed E-state index contributed by atoms with van der Waals surface area (Å²) in [5, 5.41) is 5.88. The topological polar surface area (TPSA) is 35.1 Å². The fourth-order valence-corrected chi connectivity index (χ4v) is 9.03. The van der Waals surface area contributed by atoms with E-state index in [1.807, 2.05) is 0 Å². The van der Waals surface area contributed by atoms with Crippen molar-refractivity contribution in [3.63, 3.8) is 0 Å². The summed E-state index contributed by atoms with van der Waals surface area (Å²) < 4.78 is 4.74. The lowest BCUT2D eigenvalue weighted by Gasteiger charge is -2.15. The standard InChI is InChI=1S/C54H34N4/c1-3-15-35(16-4-1)37-19-13-21-39(31-37)41-33-47(40-22-14-20-38(32-40)36-17-5-2-6-18-36)55-51(34-41)57-48-27-11-9-25-45(48)52-50(57)30-29-43-42-23-7-8-24-44(42)54-56-46-26-10-12-28-49(46)58(54)53(43)52/h1-34H. The van der Waals surface area contributed by atoms with Gasteiger partial charge >= 0.3 is 0 Å². The number of rotatable bonds is 5. The molecule has 12 aromatic rings. The van der Waals surface area contributed by atoms with E-state index in [0.717, 1.165) is 72.4 Å². The van der Waals surface area contributed by atoms with Crippen LogP contribution in [0, 0.1) is 0 Å². The SMILES string of the molecule is c1ccc(-c2cccc(-c3cc(-c4cccc(-c5ccccc5)c4)nc(-n4c5ccccc5c5c4ccc4c6ccccc6c6nc7ccccc7n6c45)c3)c2)cc1. The van der Waals surface area contributed by atoms with Crippen LogP contribution in [0.3, 0.4) is 0 Å². The van der Waals surface area contributed by atoms with E-state index in [2.05, 4.69) is 215 Å². The van der Waals surface area contributed by atoms with E-state index in [1.165, 1.54) is 38.2 Å². The number of benzene rings is 8. The van der Waals surface area contributed by atoms with Gasteiger partial charge in [-0.15, -0.1) is 0 Å². The molecule has 4 heterocycles. The molecule has 270 valence electrons. The Morgan fingerprint density at radius 3 is 1.64 bits per heavy atom. The van der Waals surface area contributed by atoms with Crippen molar-refractivity contribution in [3.05, 3.63) is 206 Å². The highest BCUT2D eigenvalue weighted by molar-refractivity contribution is 6.26. The predicted octanol–water partition coefficient (Wildman–Crippen LogP) is 14.0. The quantitative estimate of drug-likeness (QED) is 0.165. The molecule has 4 nitrogen and oxygen atoms in total. The Bertz CT molecular complexity index is 3460. The molecular formula is C54H34N4. The summed E-state index contributed by atoms with van der Waals surface area (Å²) in [6.07, 6.45) is 0. The van der Waals surface area contributed by atoms with E-state index in [-0.39, 0.29) is 0 Å². The van der Waals surface area contributed by atoms with Crippen LogP contribution in [0.1, 0.15) is 0 Å². The summed E-state index contributed by atoms with van der Waals surface area (Å²) in [5.41, 5.74) is 15.3. The van der Waals surface area contributed by atoms with Gasteiger partial charge < -0.3 is 0 Å². The first-order chi connectivity index (χ1) is 28.8. The number of nitrogens with zero attached hydrogens (tertiary/aromatic N) is 4. The van der Waals surface area contributed by atoms with Crippen molar-refractivity contribution in [2.45, 2.75) is 0 Å². The molecule has 0 unspecified atom stereocenters. The average Bonchev–Trinajstić information content (AvgIpc) is 3.86. The van der Waals surface area contributed by atoms with Crippen LogP contribution in [0.4, 0.5) is 0 Å². The van der Waals surface area contributed by atoms with Crippen molar-refractivity contribution in [1.82, 2.24) is 18.9 Å². The zero-order chi connectivity index (χ0) is 38.2. The first-order valence-corrected chi connectivity index (χ1v) is 19.7. The molecule has 0 fully saturated rings. The number of para-hydroxylation sites is 3. The second-order valence-corrected chi connectivity index (χ2v) is 15.0. The highest BCUT2D eigenvalue weighted by Crippen LogP contribution is 2.42. The number of aromatic nitrogens is 4. The van der Waals surface area contributed by atoms with Gasteiger partial charge in [0, 0.05) is 27.1 Å². The van der Waals surface area contributed by atoms with Crippen molar-refractivity contribution in [3.8, 4) is 50.5 Å². The maximum absolute atomic E-state index is 5.56. The molecule has 0 atom stereocenters. The minimum absolute atomic E-state index is 0.862. The summed E-state index contributed by atoms with van der Waals surface area (Å²) in [7, 11) is 0. The van der Waals surface area contributed by atoms with Gasteiger partial charge in [0.25, 0.3) is 0 Å². The Hall–Kier alpha value is -7.82. The zero-order valence-corrected chi connectivity index (χ0v) is 31.4. The molecule has 0 aliphatic rings. The first kappa shape index (κ1) is 32.4. The highest BCUT2D eigenvalue weighted by atomic mass is 15.1. The third-order valence-electron chi connectivity index (χ3n) is 11.7. The number of hydrogen-bond donors (Lipinski definition) is 0. The normalized spacial score (nSPS) is 11.8. The summed E-state index contributed by atoms with van der Waals surface area (Å²) in [6.45, 7) is 0. The molecule has 0 aliphatic heterocycles. The van der Waals surface area contributed by atoms with Gasteiger partial charge in [-0.25, -0.2) is 9.97 Å². The smallest absolute Gasteiger partial charge is 0.146 e. The number of hydrogen-bond acceptors (Lipinski definition) is 2. The molecule has 0 saturated heterocycles. The molecule has 0 N–H and O–H groups in total. The minimum atomic E-state index is 0.862. The van der Waals surface area contributed by atoms with Gasteiger partial charge in [0.1, 0.15) is 11.5 Å². The second-order valence-electron chi connectivity index (χ2n) is 15.0. The average molecular weight is 739 g/mol. The Balaban J connectivity index is 1.18. The molecule has 12 rings (SSSR count). The highest BCUT2D eigenvalue weighted by Gasteiger charge is 2.22. The molecule has 0 bridgehead atoms.